The van der Waals surface area contributed by atoms with E-state index in [0.717, 1.165) is 5.56 Å². The van der Waals surface area contributed by atoms with Gasteiger partial charge in [0.1, 0.15) is 12.4 Å². The Labute approximate surface area is 180 Å². The minimum atomic E-state index is -0.425. The molecule has 4 nitrogen and oxygen atoms in total. The summed E-state index contributed by atoms with van der Waals surface area (Å²) in [6.45, 7) is 0.761. The average molecular weight is 420 g/mol. The van der Waals surface area contributed by atoms with Crippen LogP contribution in [0.3, 0.4) is 0 Å². The fourth-order valence-corrected chi connectivity index (χ4v) is 4.06. The number of ether oxygens (including phenoxy) is 1. The Morgan fingerprint density at radius 1 is 1.03 bits per heavy atom. The molecule has 0 aromatic heterocycles. The van der Waals surface area contributed by atoms with Gasteiger partial charge in [0.05, 0.1) is 0 Å². The summed E-state index contributed by atoms with van der Waals surface area (Å²) in [6, 6.07) is 21.4. The first-order valence-corrected chi connectivity index (χ1v) is 10.2. The summed E-state index contributed by atoms with van der Waals surface area (Å²) in [5, 5.41) is 12.8. The van der Waals surface area contributed by atoms with E-state index in [2.05, 4.69) is 29.6 Å². The van der Waals surface area contributed by atoms with Crippen molar-refractivity contribution in [1.82, 2.24) is 5.32 Å². The number of hydrogen-bond donors (Lipinski definition) is 2. The van der Waals surface area contributed by atoms with Gasteiger partial charge in [0.25, 0.3) is 0 Å². The zero-order valence-electron chi connectivity index (χ0n) is 16.3. The lowest BCUT2D eigenvalue weighted by Crippen LogP contribution is -2.26. The summed E-state index contributed by atoms with van der Waals surface area (Å²) in [4.78, 5) is 12.1. The molecule has 0 radical (unpaired) electrons. The van der Waals surface area contributed by atoms with Crippen LogP contribution >= 0.6 is 11.6 Å². The highest BCUT2D eigenvalue weighted by molar-refractivity contribution is 6.30. The first-order chi connectivity index (χ1) is 14.6. The third-order valence-electron chi connectivity index (χ3n) is 5.14. The Bertz CT molecular complexity index is 1030. The van der Waals surface area contributed by atoms with Crippen LogP contribution in [0.5, 0.6) is 5.75 Å². The van der Waals surface area contributed by atoms with E-state index in [4.69, 9.17) is 16.3 Å². The quantitative estimate of drug-likeness (QED) is 0.482. The largest absolute Gasteiger partial charge is 0.508 e. The number of halogens is 1. The van der Waals surface area contributed by atoms with Crippen LogP contribution in [0.25, 0.3) is 17.2 Å². The van der Waals surface area contributed by atoms with Crippen molar-refractivity contribution in [2.45, 2.75) is 12.3 Å². The van der Waals surface area contributed by atoms with Crippen LogP contribution < -0.4 is 5.32 Å². The SMILES string of the molecule is O=C(NCCC=Cc1cc(O)cc(Cl)c1)OCC1c2ccccc2-c2ccccc21. The molecule has 0 saturated carbocycles. The van der Waals surface area contributed by atoms with E-state index in [9.17, 15) is 9.90 Å². The fourth-order valence-electron chi connectivity index (χ4n) is 3.82. The van der Waals surface area contributed by atoms with Crippen LogP contribution in [0, 0.1) is 0 Å². The van der Waals surface area contributed by atoms with Gasteiger partial charge in [-0.15, -0.1) is 0 Å². The average Bonchev–Trinajstić information content (AvgIpc) is 3.05. The van der Waals surface area contributed by atoms with Crippen LogP contribution in [0.2, 0.25) is 5.02 Å². The van der Waals surface area contributed by atoms with E-state index in [1.165, 1.54) is 28.3 Å². The number of aromatic hydroxyl groups is 1. The normalized spacial score (nSPS) is 12.6. The molecule has 0 saturated heterocycles. The van der Waals surface area contributed by atoms with Crippen molar-refractivity contribution < 1.29 is 14.6 Å². The Morgan fingerprint density at radius 3 is 2.37 bits per heavy atom. The predicted octanol–water partition coefficient (Wildman–Crippen LogP) is 5.99. The summed E-state index contributed by atoms with van der Waals surface area (Å²) >= 11 is 5.92. The Hall–Kier alpha value is -3.24. The van der Waals surface area contributed by atoms with Crippen molar-refractivity contribution in [1.29, 1.82) is 0 Å². The second-order valence-corrected chi connectivity index (χ2v) is 7.62. The van der Waals surface area contributed by atoms with Gasteiger partial charge >= 0.3 is 6.09 Å². The van der Waals surface area contributed by atoms with Crippen molar-refractivity contribution in [2.75, 3.05) is 13.2 Å². The van der Waals surface area contributed by atoms with Gasteiger partial charge in [0.15, 0.2) is 0 Å². The van der Waals surface area contributed by atoms with Crippen LogP contribution in [0.15, 0.2) is 72.8 Å². The molecule has 0 spiro atoms. The number of fused-ring (bicyclic) bond motifs is 3. The van der Waals surface area contributed by atoms with E-state index in [1.54, 1.807) is 12.1 Å². The zero-order valence-corrected chi connectivity index (χ0v) is 17.1. The van der Waals surface area contributed by atoms with Crippen LogP contribution in [0.1, 0.15) is 29.0 Å². The van der Waals surface area contributed by atoms with Crippen molar-refractivity contribution in [3.05, 3.63) is 94.5 Å². The summed E-state index contributed by atoms with van der Waals surface area (Å²) in [6.07, 6.45) is 3.97. The number of hydrogen-bond acceptors (Lipinski definition) is 3. The number of alkyl carbamates (subject to hydrolysis) is 1. The predicted molar refractivity (Wildman–Crippen MR) is 120 cm³/mol. The Morgan fingerprint density at radius 2 is 1.70 bits per heavy atom. The van der Waals surface area contributed by atoms with E-state index in [1.807, 2.05) is 36.4 Å². The van der Waals surface area contributed by atoms with Crippen molar-refractivity contribution in [3.63, 3.8) is 0 Å². The molecule has 0 heterocycles. The molecular weight excluding hydrogens is 398 g/mol. The first kappa shape index (κ1) is 20.0. The van der Waals surface area contributed by atoms with E-state index < -0.39 is 6.09 Å². The maximum Gasteiger partial charge on any atom is 0.407 e. The molecule has 0 unspecified atom stereocenters. The molecular formula is C25H22ClNO3. The van der Waals surface area contributed by atoms with Gasteiger partial charge in [-0.05, 0) is 52.4 Å². The number of nitrogens with one attached hydrogen (secondary N) is 1. The summed E-state index contributed by atoms with van der Waals surface area (Å²) in [5.41, 5.74) is 5.61. The second kappa shape index (κ2) is 9.06. The van der Waals surface area contributed by atoms with E-state index in [0.29, 0.717) is 24.6 Å². The molecule has 152 valence electrons. The van der Waals surface area contributed by atoms with Crippen molar-refractivity contribution in [2.24, 2.45) is 0 Å². The lowest BCUT2D eigenvalue weighted by molar-refractivity contribution is 0.143. The summed E-state index contributed by atoms with van der Waals surface area (Å²) in [5.74, 6) is 0.178. The number of carbonyl (C=O) groups is 1. The maximum atomic E-state index is 12.1. The zero-order chi connectivity index (χ0) is 20.9. The number of phenols is 1. The highest BCUT2D eigenvalue weighted by Crippen LogP contribution is 2.44. The molecule has 4 rings (SSSR count). The fraction of sp³-hybridized carbons (Fsp3) is 0.160. The molecule has 3 aromatic carbocycles. The van der Waals surface area contributed by atoms with Gasteiger partial charge in [0, 0.05) is 17.5 Å². The molecule has 1 amide bonds. The molecule has 0 fully saturated rings. The van der Waals surface area contributed by atoms with Crippen molar-refractivity contribution >= 4 is 23.8 Å². The number of carbonyl (C=O) groups excluding carboxylic acids is 1. The lowest BCUT2D eigenvalue weighted by atomic mass is 9.98. The standard InChI is InChI=1S/C25H22ClNO3/c26-18-13-17(14-19(28)15-18)7-5-6-12-27-25(29)30-16-24-22-10-3-1-8-20(22)21-9-2-4-11-23(21)24/h1-5,7-11,13-15,24,28H,6,12,16H2,(H,27,29). The monoisotopic (exact) mass is 419 g/mol. The molecule has 0 bridgehead atoms. The molecule has 2 N–H and O–H groups in total. The van der Waals surface area contributed by atoms with Crippen LogP contribution in [-0.4, -0.2) is 24.4 Å². The molecule has 3 aromatic rings. The topological polar surface area (TPSA) is 58.6 Å². The molecule has 1 aliphatic carbocycles. The lowest BCUT2D eigenvalue weighted by Gasteiger charge is -2.14. The smallest absolute Gasteiger partial charge is 0.407 e. The second-order valence-electron chi connectivity index (χ2n) is 7.19. The molecule has 0 aliphatic heterocycles. The molecule has 0 atom stereocenters. The van der Waals surface area contributed by atoms with Gasteiger partial charge in [-0.3, -0.25) is 0 Å². The minimum absolute atomic E-state index is 0.0542. The van der Waals surface area contributed by atoms with Crippen LogP contribution in [-0.2, 0) is 4.74 Å². The third kappa shape index (κ3) is 4.50. The van der Waals surface area contributed by atoms with Gasteiger partial charge in [-0.2, -0.15) is 0 Å². The van der Waals surface area contributed by atoms with Crippen LogP contribution in [0.4, 0.5) is 4.79 Å². The minimum Gasteiger partial charge on any atom is -0.508 e. The summed E-state index contributed by atoms with van der Waals surface area (Å²) < 4.78 is 5.51. The number of phenolic OH excluding ortho intramolecular Hbond substituents is 1. The Balaban J connectivity index is 1.28. The van der Waals surface area contributed by atoms with Gasteiger partial charge in [0.2, 0.25) is 0 Å². The molecule has 1 aliphatic rings. The van der Waals surface area contributed by atoms with E-state index in [-0.39, 0.29) is 11.7 Å². The van der Waals surface area contributed by atoms with Gasteiger partial charge in [-0.1, -0.05) is 72.3 Å². The maximum absolute atomic E-state index is 12.1. The van der Waals surface area contributed by atoms with Crippen molar-refractivity contribution in [3.8, 4) is 16.9 Å². The highest BCUT2D eigenvalue weighted by Gasteiger charge is 2.28. The Kier molecular flexibility index (Phi) is 6.05. The molecule has 30 heavy (non-hydrogen) atoms. The first-order valence-electron chi connectivity index (χ1n) is 9.87. The van der Waals surface area contributed by atoms with Gasteiger partial charge in [-0.25, -0.2) is 4.79 Å². The number of benzene rings is 3. The third-order valence-corrected chi connectivity index (χ3v) is 5.36. The molecule has 5 heteroatoms. The number of amides is 1. The highest BCUT2D eigenvalue weighted by atomic mass is 35.5. The number of rotatable bonds is 6. The van der Waals surface area contributed by atoms with Gasteiger partial charge < -0.3 is 15.2 Å². The van der Waals surface area contributed by atoms with E-state index >= 15 is 0 Å². The summed E-state index contributed by atoms with van der Waals surface area (Å²) in [7, 11) is 0.